The van der Waals surface area contributed by atoms with Crippen LogP contribution in [-0.2, 0) is 6.54 Å². The molecule has 0 aliphatic rings. The third kappa shape index (κ3) is 3.45. The Morgan fingerprint density at radius 3 is 2.52 bits per heavy atom. The lowest BCUT2D eigenvalue weighted by molar-refractivity contribution is -0.384. The van der Waals surface area contributed by atoms with Gasteiger partial charge in [0.1, 0.15) is 6.20 Å². The number of benzene rings is 2. The van der Waals surface area contributed by atoms with E-state index >= 15 is 0 Å². The normalized spacial score (nSPS) is 10.9. The standard InChI is InChI=1S/C19H14ClN5O2/c20-17-9-5-4-6-14(17)11-23-13-18(25(26)27)19(22-23)15-10-21-24(12-15)16-7-2-1-3-8-16/h1-10,12-13H,11H2. The molecule has 0 saturated heterocycles. The van der Waals surface area contributed by atoms with Gasteiger partial charge in [-0.2, -0.15) is 10.2 Å². The van der Waals surface area contributed by atoms with E-state index in [1.165, 1.54) is 10.9 Å². The maximum absolute atomic E-state index is 11.5. The van der Waals surface area contributed by atoms with E-state index in [0.29, 0.717) is 17.1 Å². The van der Waals surface area contributed by atoms with E-state index in [2.05, 4.69) is 10.2 Å². The van der Waals surface area contributed by atoms with Gasteiger partial charge in [-0.25, -0.2) is 4.68 Å². The molecule has 4 aromatic rings. The van der Waals surface area contributed by atoms with Crippen LogP contribution in [0.4, 0.5) is 5.69 Å². The van der Waals surface area contributed by atoms with Crippen molar-refractivity contribution in [3.8, 4) is 16.9 Å². The van der Waals surface area contributed by atoms with Crippen molar-refractivity contribution in [2.75, 3.05) is 0 Å². The highest BCUT2D eigenvalue weighted by atomic mass is 35.5. The molecule has 0 aliphatic heterocycles. The molecule has 134 valence electrons. The fourth-order valence-electron chi connectivity index (χ4n) is 2.80. The quantitative estimate of drug-likeness (QED) is 0.381. The number of hydrogen-bond donors (Lipinski definition) is 0. The lowest BCUT2D eigenvalue weighted by Crippen LogP contribution is -2.00. The Morgan fingerprint density at radius 1 is 1.04 bits per heavy atom. The predicted molar refractivity (Wildman–Crippen MR) is 102 cm³/mol. The summed E-state index contributed by atoms with van der Waals surface area (Å²) in [5, 5.41) is 20.8. The van der Waals surface area contributed by atoms with Crippen LogP contribution in [0.2, 0.25) is 5.02 Å². The highest BCUT2D eigenvalue weighted by Crippen LogP contribution is 2.29. The Kier molecular flexibility index (Phi) is 4.43. The van der Waals surface area contributed by atoms with Crippen molar-refractivity contribution in [1.29, 1.82) is 0 Å². The third-order valence-corrected chi connectivity index (χ3v) is 4.47. The van der Waals surface area contributed by atoms with Crippen LogP contribution in [-0.4, -0.2) is 24.5 Å². The molecule has 0 fully saturated rings. The first kappa shape index (κ1) is 17.0. The van der Waals surface area contributed by atoms with Gasteiger partial charge in [0.2, 0.25) is 0 Å². The van der Waals surface area contributed by atoms with Gasteiger partial charge in [0.05, 0.1) is 23.4 Å². The Hall–Kier alpha value is -3.45. The number of rotatable bonds is 5. The number of nitrogens with zero attached hydrogens (tertiary/aromatic N) is 5. The van der Waals surface area contributed by atoms with E-state index in [1.807, 2.05) is 48.5 Å². The van der Waals surface area contributed by atoms with Gasteiger partial charge in [0, 0.05) is 16.8 Å². The molecular weight excluding hydrogens is 366 g/mol. The summed E-state index contributed by atoms with van der Waals surface area (Å²) >= 11 is 6.18. The third-order valence-electron chi connectivity index (χ3n) is 4.11. The lowest BCUT2D eigenvalue weighted by atomic mass is 10.2. The summed E-state index contributed by atoms with van der Waals surface area (Å²) in [7, 11) is 0. The molecule has 2 aromatic heterocycles. The Balaban J connectivity index is 1.71. The first-order chi connectivity index (χ1) is 13.1. The van der Waals surface area contributed by atoms with Crippen LogP contribution in [0.1, 0.15) is 5.56 Å². The molecule has 0 N–H and O–H groups in total. The van der Waals surface area contributed by atoms with Gasteiger partial charge in [-0.1, -0.05) is 48.0 Å². The Morgan fingerprint density at radius 2 is 1.78 bits per heavy atom. The number of halogens is 1. The summed E-state index contributed by atoms with van der Waals surface area (Å²) in [6.07, 6.45) is 4.71. The van der Waals surface area contributed by atoms with Gasteiger partial charge in [0.25, 0.3) is 0 Å². The zero-order valence-corrected chi connectivity index (χ0v) is 14.8. The van der Waals surface area contributed by atoms with E-state index in [0.717, 1.165) is 11.3 Å². The van der Waals surface area contributed by atoms with Crippen LogP contribution in [0.3, 0.4) is 0 Å². The van der Waals surface area contributed by atoms with Crippen molar-refractivity contribution in [2.24, 2.45) is 0 Å². The molecule has 0 unspecified atom stereocenters. The fourth-order valence-corrected chi connectivity index (χ4v) is 2.99. The molecule has 0 bridgehead atoms. The largest absolute Gasteiger partial charge is 0.315 e. The van der Waals surface area contributed by atoms with Gasteiger partial charge >= 0.3 is 5.69 Å². The summed E-state index contributed by atoms with van der Waals surface area (Å²) in [6, 6.07) is 16.9. The second-order valence-electron chi connectivity index (χ2n) is 5.92. The first-order valence-corrected chi connectivity index (χ1v) is 8.55. The van der Waals surface area contributed by atoms with E-state index in [1.54, 1.807) is 23.1 Å². The van der Waals surface area contributed by atoms with Crippen LogP contribution >= 0.6 is 11.6 Å². The summed E-state index contributed by atoms with van der Waals surface area (Å²) in [4.78, 5) is 11.1. The molecule has 4 rings (SSSR count). The van der Waals surface area contributed by atoms with Gasteiger partial charge in [-0.3, -0.25) is 14.8 Å². The zero-order valence-electron chi connectivity index (χ0n) is 14.1. The molecule has 2 heterocycles. The van der Waals surface area contributed by atoms with E-state index in [4.69, 9.17) is 11.6 Å². The number of aromatic nitrogens is 4. The molecule has 0 radical (unpaired) electrons. The molecule has 27 heavy (non-hydrogen) atoms. The average Bonchev–Trinajstić information content (AvgIpc) is 3.31. The second-order valence-corrected chi connectivity index (χ2v) is 6.33. The Bertz CT molecular complexity index is 1100. The van der Waals surface area contributed by atoms with Crippen molar-refractivity contribution >= 4 is 17.3 Å². The zero-order chi connectivity index (χ0) is 18.8. The fraction of sp³-hybridized carbons (Fsp3) is 0.0526. The van der Waals surface area contributed by atoms with Gasteiger partial charge < -0.3 is 0 Å². The highest BCUT2D eigenvalue weighted by molar-refractivity contribution is 6.31. The SMILES string of the molecule is O=[N+]([O-])c1cn(Cc2ccccc2Cl)nc1-c1cnn(-c2ccccc2)c1. The summed E-state index contributed by atoms with van der Waals surface area (Å²) < 4.78 is 3.18. The number of hydrogen-bond acceptors (Lipinski definition) is 4. The van der Waals surface area contributed by atoms with Crippen LogP contribution in [0.5, 0.6) is 0 Å². The van der Waals surface area contributed by atoms with E-state index in [-0.39, 0.29) is 11.4 Å². The van der Waals surface area contributed by atoms with Crippen LogP contribution in [0.15, 0.2) is 73.2 Å². The second kappa shape index (κ2) is 7.05. The molecule has 2 aromatic carbocycles. The van der Waals surface area contributed by atoms with Gasteiger partial charge in [-0.15, -0.1) is 0 Å². The topological polar surface area (TPSA) is 78.8 Å². The summed E-state index contributed by atoms with van der Waals surface area (Å²) in [6.45, 7) is 0.341. The van der Waals surface area contributed by atoms with Crippen molar-refractivity contribution in [3.63, 3.8) is 0 Å². The van der Waals surface area contributed by atoms with E-state index < -0.39 is 4.92 Å². The van der Waals surface area contributed by atoms with Gasteiger partial charge in [0.15, 0.2) is 5.69 Å². The minimum absolute atomic E-state index is 0.0744. The molecule has 7 nitrogen and oxygen atoms in total. The molecule has 0 amide bonds. The maximum Gasteiger partial charge on any atom is 0.315 e. The maximum atomic E-state index is 11.5. The lowest BCUT2D eigenvalue weighted by Gasteiger charge is -2.03. The van der Waals surface area contributed by atoms with Crippen LogP contribution in [0, 0.1) is 10.1 Å². The minimum atomic E-state index is -0.439. The summed E-state index contributed by atoms with van der Waals surface area (Å²) in [5.41, 5.74) is 2.47. The average molecular weight is 380 g/mol. The summed E-state index contributed by atoms with van der Waals surface area (Å²) in [5.74, 6) is 0. The predicted octanol–water partition coefficient (Wildman–Crippen LogP) is 4.35. The molecule has 0 saturated carbocycles. The van der Waals surface area contributed by atoms with Crippen LogP contribution < -0.4 is 0 Å². The molecule has 8 heteroatoms. The van der Waals surface area contributed by atoms with Gasteiger partial charge in [-0.05, 0) is 23.8 Å². The van der Waals surface area contributed by atoms with Crippen LogP contribution in [0.25, 0.3) is 16.9 Å². The molecule has 0 atom stereocenters. The number of para-hydroxylation sites is 1. The molecule has 0 spiro atoms. The van der Waals surface area contributed by atoms with Crippen molar-refractivity contribution in [1.82, 2.24) is 19.6 Å². The van der Waals surface area contributed by atoms with E-state index in [9.17, 15) is 10.1 Å². The van der Waals surface area contributed by atoms with Crippen molar-refractivity contribution in [2.45, 2.75) is 6.54 Å². The first-order valence-electron chi connectivity index (χ1n) is 8.17. The van der Waals surface area contributed by atoms with Crippen molar-refractivity contribution in [3.05, 3.63) is 93.9 Å². The molecular formula is C19H14ClN5O2. The smallest absolute Gasteiger partial charge is 0.260 e. The highest BCUT2D eigenvalue weighted by Gasteiger charge is 2.22. The minimum Gasteiger partial charge on any atom is -0.260 e. The van der Waals surface area contributed by atoms with Crippen molar-refractivity contribution < 1.29 is 4.92 Å². The monoisotopic (exact) mass is 379 g/mol. The molecule has 0 aliphatic carbocycles. The number of nitro groups is 1. The Labute approximate surface area is 159 Å².